The van der Waals surface area contributed by atoms with Gasteiger partial charge in [-0.15, -0.1) is 11.6 Å². The Kier molecular flexibility index (Phi) is 3.85. The van der Waals surface area contributed by atoms with Crippen molar-refractivity contribution < 1.29 is 0 Å². The molecule has 2 rings (SSSR count). The summed E-state index contributed by atoms with van der Waals surface area (Å²) in [5.41, 5.74) is 0. The van der Waals surface area contributed by atoms with Crippen LogP contribution in [0.2, 0.25) is 0 Å². The van der Waals surface area contributed by atoms with Crippen LogP contribution >= 0.6 is 11.6 Å². The first-order valence-electron chi connectivity index (χ1n) is 6.21. The van der Waals surface area contributed by atoms with Crippen molar-refractivity contribution in [3.05, 3.63) is 12.2 Å². The third-order valence-corrected chi connectivity index (χ3v) is 3.97. The van der Waals surface area contributed by atoms with Crippen molar-refractivity contribution in [1.82, 2.24) is 14.8 Å². The maximum Gasteiger partial charge on any atom is 0.138 e. The van der Waals surface area contributed by atoms with E-state index in [1.54, 1.807) is 6.33 Å². The minimum atomic E-state index is 0.325. The number of nitrogens with zero attached hydrogens (tertiary/aromatic N) is 3. The zero-order chi connectivity index (χ0) is 11.5. The standard InChI is InChI=1S/C12H20ClN3/c1-9(2)16-12(14-8-15-16)7-10-5-3-4-6-11(10)13/h8-11H,3-7H2,1-2H3. The highest BCUT2D eigenvalue weighted by Gasteiger charge is 2.25. The molecule has 2 atom stereocenters. The highest BCUT2D eigenvalue weighted by atomic mass is 35.5. The first-order chi connectivity index (χ1) is 7.68. The molecule has 1 aromatic rings. The van der Waals surface area contributed by atoms with Gasteiger partial charge in [-0.25, -0.2) is 9.67 Å². The number of halogens is 1. The Balaban J connectivity index is 2.04. The van der Waals surface area contributed by atoms with E-state index < -0.39 is 0 Å². The molecule has 0 aliphatic heterocycles. The normalized spacial score (nSPS) is 26.2. The molecule has 16 heavy (non-hydrogen) atoms. The van der Waals surface area contributed by atoms with Crippen molar-refractivity contribution in [3.8, 4) is 0 Å². The Bertz CT molecular complexity index is 335. The van der Waals surface area contributed by atoms with Gasteiger partial charge >= 0.3 is 0 Å². The van der Waals surface area contributed by atoms with E-state index in [1.165, 1.54) is 19.3 Å². The van der Waals surface area contributed by atoms with Crippen LogP contribution in [0.3, 0.4) is 0 Å². The zero-order valence-electron chi connectivity index (χ0n) is 10.1. The Morgan fingerprint density at radius 2 is 2.19 bits per heavy atom. The van der Waals surface area contributed by atoms with Gasteiger partial charge in [-0.2, -0.15) is 5.10 Å². The molecule has 90 valence electrons. The van der Waals surface area contributed by atoms with Crippen LogP contribution in [-0.2, 0) is 6.42 Å². The van der Waals surface area contributed by atoms with E-state index in [0.29, 0.717) is 17.3 Å². The third-order valence-electron chi connectivity index (χ3n) is 3.40. The van der Waals surface area contributed by atoms with E-state index in [1.807, 2.05) is 4.68 Å². The minimum absolute atomic E-state index is 0.325. The smallest absolute Gasteiger partial charge is 0.138 e. The second-order valence-corrected chi connectivity index (χ2v) is 5.54. The summed E-state index contributed by atoms with van der Waals surface area (Å²) in [6.45, 7) is 4.27. The maximum atomic E-state index is 6.37. The monoisotopic (exact) mass is 241 g/mol. The average molecular weight is 242 g/mol. The van der Waals surface area contributed by atoms with Gasteiger partial charge in [0, 0.05) is 17.8 Å². The number of hydrogen-bond acceptors (Lipinski definition) is 2. The van der Waals surface area contributed by atoms with Gasteiger partial charge in [-0.1, -0.05) is 12.8 Å². The molecule has 2 unspecified atom stereocenters. The molecule has 0 aromatic carbocycles. The van der Waals surface area contributed by atoms with Gasteiger partial charge < -0.3 is 0 Å². The van der Waals surface area contributed by atoms with Gasteiger partial charge in [-0.3, -0.25) is 0 Å². The number of aromatic nitrogens is 3. The Morgan fingerprint density at radius 3 is 2.88 bits per heavy atom. The van der Waals surface area contributed by atoms with Crippen LogP contribution in [0.25, 0.3) is 0 Å². The molecule has 0 spiro atoms. The Labute approximate surface area is 102 Å². The fraction of sp³-hybridized carbons (Fsp3) is 0.833. The molecule has 0 radical (unpaired) electrons. The van der Waals surface area contributed by atoms with Crippen LogP contribution < -0.4 is 0 Å². The molecule has 1 fully saturated rings. The summed E-state index contributed by atoms with van der Waals surface area (Å²) in [5.74, 6) is 1.67. The highest BCUT2D eigenvalue weighted by molar-refractivity contribution is 6.20. The van der Waals surface area contributed by atoms with Crippen molar-refractivity contribution in [2.75, 3.05) is 0 Å². The molecule has 3 nitrogen and oxygen atoms in total. The van der Waals surface area contributed by atoms with Crippen LogP contribution in [0.4, 0.5) is 0 Å². The average Bonchev–Trinajstić information content (AvgIpc) is 2.69. The molecular formula is C12H20ClN3. The molecule has 1 aromatic heterocycles. The van der Waals surface area contributed by atoms with Crippen LogP contribution in [0.5, 0.6) is 0 Å². The summed E-state index contributed by atoms with van der Waals surface area (Å²) >= 11 is 6.37. The van der Waals surface area contributed by atoms with Gasteiger partial charge in [0.25, 0.3) is 0 Å². The summed E-state index contributed by atoms with van der Waals surface area (Å²) in [4.78, 5) is 4.36. The summed E-state index contributed by atoms with van der Waals surface area (Å²) in [6, 6.07) is 0.384. The van der Waals surface area contributed by atoms with E-state index in [4.69, 9.17) is 11.6 Å². The van der Waals surface area contributed by atoms with Crippen molar-refractivity contribution in [2.45, 2.75) is 57.4 Å². The van der Waals surface area contributed by atoms with Crippen LogP contribution in [0, 0.1) is 5.92 Å². The second-order valence-electron chi connectivity index (χ2n) is 4.98. The molecule has 1 saturated carbocycles. The van der Waals surface area contributed by atoms with Crippen molar-refractivity contribution in [2.24, 2.45) is 5.92 Å². The van der Waals surface area contributed by atoms with Crippen LogP contribution in [-0.4, -0.2) is 20.1 Å². The fourth-order valence-electron chi connectivity index (χ4n) is 2.48. The largest absolute Gasteiger partial charge is 0.248 e. The molecule has 1 aliphatic rings. The topological polar surface area (TPSA) is 30.7 Å². The molecular weight excluding hydrogens is 222 g/mol. The third kappa shape index (κ3) is 2.57. The Hall–Kier alpha value is -0.570. The van der Waals surface area contributed by atoms with E-state index >= 15 is 0 Å². The van der Waals surface area contributed by atoms with E-state index in [0.717, 1.165) is 18.7 Å². The number of alkyl halides is 1. The van der Waals surface area contributed by atoms with Gasteiger partial charge in [-0.05, 0) is 32.6 Å². The molecule has 1 aliphatic carbocycles. The number of hydrogen-bond donors (Lipinski definition) is 0. The molecule has 0 saturated heterocycles. The minimum Gasteiger partial charge on any atom is -0.248 e. The van der Waals surface area contributed by atoms with Crippen LogP contribution in [0.15, 0.2) is 6.33 Å². The van der Waals surface area contributed by atoms with Crippen molar-refractivity contribution in [3.63, 3.8) is 0 Å². The van der Waals surface area contributed by atoms with Crippen LogP contribution in [0.1, 0.15) is 51.4 Å². The van der Waals surface area contributed by atoms with E-state index in [9.17, 15) is 0 Å². The SMILES string of the molecule is CC(C)n1ncnc1CC1CCCCC1Cl. The lowest BCUT2D eigenvalue weighted by Gasteiger charge is -2.26. The molecule has 0 N–H and O–H groups in total. The quantitative estimate of drug-likeness (QED) is 0.761. The van der Waals surface area contributed by atoms with Gasteiger partial charge in [0.1, 0.15) is 12.2 Å². The van der Waals surface area contributed by atoms with Gasteiger partial charge in [0.15, 0.2) is 0 Å². The van der Waals surface area contributed by atoms with E-state index in [-0.39, 0.29) is 0 Å². The summed E-state index contributed by atoms with van der Waals surface area (Å²) in [5, 5.41) is 4.59. The second kappa shape index (κ2) is 5.17. The predicted octanol–water partition coefficient (Wildman–Crippen LogP) is 3.20. The maximum absolute atomic E-state index is 6.37. The Morgan fingerprint density at radius 1 is 1.44 bits per heavy atom. The summed E-state index contributed by atoms with van der Waals surface area (Å²) in [6.07, 6.45) is 7.61. The van der Waals surface area contributed by atoms with Crippen molar-refractivity contribution >= 4 is 11.6 Å². The fourth-order valence-corrected chi connectivity index (χ4v) is 2.85. The zero-order valence-corrected chi connectivity index (χ0v) is 10.8. The first-order valence-corrected chi connectivity index (χ1v) is 6.64. The molecule has 4 heteroatoms. The predicted molar refractivity (Wildman–Crippen MR) is 65.7 cm³/mol. The highest BCUT2D eigenvalue weighted by Crippen LogP contribution is 2.31. The molecule has 0 amide bonds. The lowest BCUT2D eigenvalue weighted by atomic mass is 9.86. The van der Waals surface area contributed by atoms with Crippen molar-refractivity contribution in [1.29, 1.82) is 0 Å². The number of rotatable bonds is 3. The summed E-state index contributed by atoms with van der Waals surface area (Å²) < 4.78 is 2.01. The molecule has 1 heterocycles. The lowest BCUT2D eigenvalue weighted by molar-refractivity contribution is 0.348. The molecule has 0 bridgehead atoms. The van der Waals surface area contributed by atoms with Gasteiger partial charge in [0.2, 0.25) is 0 Å². The van der Waals surface area contributed by atoms with Gasteiger partial charge in [0.05, 0.1) is 0 Å². The van der Waals surface area contributed by atoms with E-state index in [2.05, 4.69) is 23.9 Å². The summed E-state index contributed by atoms with van der Waals surface area (Å²) in [7, 11) is 0. The lowest BCUT2D eigenvalue weighted by Crippen LogP contribution is -2.23. The first kappa shape index (κ1) is 11.9.